The van der Waals surface area contributed by atoms with Crippen molar-refractivity contribution >= 4 is 17.0 Å². The molecule has 0 aliphatic heterocycles. The van der Waals surface area contributed by atoms with E-state index in [1.165, 1.54) is 24.9 Å². The Labute approximate surface area is 77.8 Å². The quantitative estimate of drug-likeness (QED) is 0.751. The van der Waals surface area contributed by atoms with Crippen molar-refractivity contribution in [1.82, 2.24) is 0 Å². The van der Waals surface area contributed by atoms with Gasteiger partial charge in [0.2, 0.25) is 0 Å². The third kappa shape index (κ3) is 2.24. The van der Waals surface area contributed by atoms with E-state index in [0.29, 0.717) is 6.04 Å². The lowest BCUT2D eigenvalue weighted by atomic mass is 10.1. The summed E-state index contributed by atoms with van der Waals surface area (Å²) >= 11 is 1.75. The first kappa shape index (κ1) is 8.11. The molecule has 0 spiro atoms. The fourth-order valence-electron chi connectivity index (χ4n) is 1.54. The molecule has 0 aromatic carbocycles. The standard InChI is InChI=1S/C10H15NS/c1-8(6-9-2-3-9)11-10-4-5-12-7-10/h4-5,7-9,11H,2-3,6H2,1H3. The van der Waals surface area contributed by atoms with E-state index >= 15 is 0 Å². The number of thiophene rings is 1. The van der Waals surface area contributed by atoms with E-state index in [2.05, 4.69) is 29.1 Å². The zero-order chi connectivity index (χ0) is 8.39. The highest BCUT2D eigenvalue weighted by atomic mass is 32.1. The van der Waals surface area contributed by atoms with Crippen LogP contribution in [0.15, 0.2) is 16.8 Å². The van der Waals surface area contributed by atoms with Gasteiger partial charge in [0.05, 0.1) is 0 Å². The van der Waals surface area contributed by atoms with E-state index in [-0.39, 0.29) is 0 Å². The second-order valence-corrected chi connectivity index (χ2v) is 4.52. The zero-order valence-electron chi connectivity index (χ0n) is 7.42. The van der Waals surface area contributed by atoms with E-state index < -0.39 is 0 Å². The lowest BCUT2D eigenvalue weighted by molar-refractivity contribution is 0.642. The molecule has 1 aliphatic carbocycles. The Morgan fingerprint density at radius 2 is 2.50 bits per heavy atom. The van der Waals surface area contributed by atoms with Gasteiger partial charge in [-0.3, -0.25) is 0 Å². The Hall–Kier alpha value is -0.500. The van der Waals surface area contributed by atoms with Gasteiger partial charge in [-0.25, -0.2) is 0 Å². The maximum atomic E-state index is 3.50. The number of anilines is 1. The van der Waals surface area contributed by atoms with E-state index in [0.717, 1.165) is 5.92 Å². The van der Waals surface area contributed by atoms with Crippen LogP contribution in [0, 0.1) is 5.92 Å². The topological polar surface area (TPSA) is 12.0 Å². The maximum Gasteiger partial charge on any atom is 0.0450 e. The largest absolute Gasteiger partial charge is 0.382 e. The lowest BCUT2D eigenvalue weighted by Gasteiger charge is -2.12. The Bertz CT molecular complexity index is 226. The predicted octanol–water partition coefficient (Wildman–Crippen LogP) is 3.35. The van der Waals surface area contributed by atoms with Crippen molar-refractivity contribution in [2.75, 3.05) is 5.32 Å². The molecule has 12 heavy (non-hydrogen) atoms. The second kappa shape index (κ2) is 3.48. The predicted molar refractivity (Wildman–Crippen MR) is 54.7 cm³/mol. The van der Waals surface area contributed by atoms with Crippen LogP contribution in [0.2, 0.25) is 0 Å². The van der Waals surface area contributed by atoms with Gasteiger partial charge in [0.15, 0.2) is 0 Å². The van der Waals surface area contributed by atoms with Crippen molar-refractivity contribution in [1.29, 1.82) is 0 Å². The van der Waals surface area contributed by atoms with Crippen molar-refractivity contribution < 1.29 is 0 Å². The fourth-order valence-corrected chi connectivity index (χ4v) is 2.14. The first-order valence-corrected chi connectivity index (χ1v) is 5.57. The molecule has 1 aromatic heterocycles. The molecule has 2 heteroatoms. The van der Waals surface area contributed by atoms with Crippen LogP contribution in [0.3, 0.4) is 0 Å². The highest BCUT2D eigenvalue weighted by Crippen LogP contribution is 2.34. The molecular formula is C10H15NS. The molecule has 1 atom stereocenters. The Morgan fingerprint density at radius 3 is 3.08 bits per heavy atom. The average Bonchev–Trinajstić information content (AvgIpc) is 2.66. The van der Waals surface area contributed by atoms with Crippen LogP contribution < -0.4 is 5.32 Å². The van der Waals surface area contributed by atoms with Crippen molar-refractivity contribution in [2.24, 2.45) is 5.92 Å². The maximum absolute atomic E-state index is 3.50. The summed E-state index contributed by atoms with van der Waals surface area (Å²) in [6.45, 7) is 2.27. The number of rotatable bonds is 4. The van der Waals surface area contributed by atoms with E-state index in [1.807, 2.05) is 0 Å². The van der Waals surface area contributed by atoms with E-state index in [4.69, 9.17) is 0 Å². The number of nitrogens with one attached hydrogen (secondary N) is 1. The van der Waals surface area contributed by atoms with Crippen molar-refractivity contribution in [3.63, 3.8) is 0 Å². The highest BCUT2D eigenvalue weighted by Gasteiger charge is 2.23. The lowest BCUT2D eigenvalue weighted by Crippen LogP contribution is -2.14. The molecule has 1 nitrogen and oxygen atoms in total. The Balaban J connectivity index is 1.77. The third-order valence-electron chi connectivity index (χ3n) is 2.32. The van der Waals surface area contributed by atoms with Crippen LogP contribution in [-0.4, -0.2) is 6.04 Å². The Kier molecular flexibility index (Phi) is 2.35. The van der Waals surface area contributed by atoms with Crippen LogP contribution in [0.4, 0.5) is 5.69 Å². The first-order valence-electron chi connectivity index (χ1n) is 4.63. The average molecular weight is 181 g/mol. The van der Waals surface area contributed by atoms with Gasteiger partial charge in [0.25, 0.3) is 0 Å². The summed E-state index contributed by atoms with van der Waals surface area (Å²) in [5, 5.41) is 7.79. The van der Waals surface area contributed by atoms with Gasteiger partial charge in [-0.1, -0.05) is 12.8 Å². The normalized spacial score (nSPS) is 19.1. The van der Waals surface area contributed by atoms with Gasteiger partial charge >= 0.3 is 0 Å². The van der Waals surface area contributed by atoms with Gasteiger partial charge in [0, 0.05) is 17.1 Å². The number of hydrogen-bond donors (Lipinski definition) is 1. The minimum atomic E-state index is 0.645. The van der Waals surface area contributed by atoms with Gasteiger partial charge in [-0.05, 0) is 30.7 Å². The summed E-state index contributed by atoms with van der Waals surface area (Å²) in [4.78, 5) is 0. The van der Waals surface area contributed by atoms with E-state index in [9.17, 15) is 0 Å². The van der Waals surface area contributed by atoms with Crippen molar-refractivity contribution in [2.45, 2.75) is 32.2 Å². The smallest absolute Gasteiger partial charge is 0.0450 e. The summed E-state index contributed by atoms with van der Waals surface area (Å²) < 4.78 is 0. The van der Waals surface area contributed by atoms with E-state index in [1.54, 1.807) is 11.3 Å². The second-order valence-electron chi connectivity index (χ2n) is 3.74. The summed E-state index contributed by atoms with van der Waals surface area (Å²) in [6.07, 6.45) is 4.25. The van der Waals surface area contributed by atoms with Gasteiger partial charge in [-0.2, -0.15) is 11.3 Å². The molecule has 1 heterocycles. The molecule has 0 radical (unpaired) electrons. The van der Waals surface area contributed by atoms with Crippen LogP contribution in [-0.2, 0) is 0 Å². The van der Waals surface area contributed by atoms with Crippen LogP contribution in [0.1, 0.15) is 26.2 Å². The Morgan fingerprint density at radius 1 is 1.67 bits per heavy atom. The van der Waals surface area contributed by atoms with Crippen LogP contribution >= 0.6 is 11.3 Å². The molecule has 66 valence electrons. The molecular weight excluding hydrogens is 166 g/mol. The van der Waals surface area contributed by atoms with Crippen LogP contribution in [0.25, 0.3) is 0 Å². The summed E-state index contributed by atoms with van der Waals surface area (Å²) in [7, 11) is 0. The minimum absolute atomic E-state index is 0.645. The molecule has 1 aliphatic rings. The molecule has 2 rings (SSSR count). The zero-order valence-corrected chi connectivity index (χ0v) is 8.23. The fraction of sp³-hybridized carbons (Fsp3) is 0.600. The molecule has 1 fully saturated rings. The summed E-state index contributed by atoms with van der Waals surface area (Å²) in [6, 6.07) is 2.79. The third-order valence-corrected chi connectivity index (χ3v) is 3.00. The molecule has 0 amide bonds. The minimum Gasteiger partial charge on any atom is -0.382 e. The first-order chi connectivity index (χ1) is 5.84. The van der Waals surface area contributed by atoms with Gasteiger partial charge < -0.3 is 5.32 Å². The number of hydrogen-bond acceptors (Lipinski definition) is 2. The molecule has 1 N–H and O–H groups in total. The highest BCUT2D eigenvalue weighted by molar-refractivity contribution is 7.08. The van der Waals surface area contributed by atoms with Crippen molar-refractivity contribution in [3.8, 4) is 0 Å². The molecule has 1 aromatic rings. The van der Waals surface area contributed by atoms with Gasteiger partial charge in [0.1, 0.15) is 0 Å². The summed E-state index contributed by atoms with van der Waals surface area (Å²) in [5.41, 5.74) is 1.29. The van der Waals surface area contributed by atoms with Crippen LogP contribution in [0.5, 0.6) is 0 Å². The SMILES string of the molecule is CC(CC1CC1)Nc1ccsc1. The molecule has 1 unspecified atom stereocenters. The molecule has 1 saturated carbocycles. The molecule has 0 saturated heterocycles. The van der Waals surface area contributed by atoms with Crippen molar-refractivity contribution in [3.05, 3.63) is 16.8 Å². The monoisotopic (exact) mass is 181 g/mol. The molecule has 0 bridgehead atoms. The van der Waals surface area contributed by atoms with Gasteiger partial charge in [-0.15, -0.1) is 0 Å². The summed E-state index contributed by atoms with van der Waals surface area (Å²) in [5.74, 6) is 1.02.